The Kier molecular flexibility index (Phi) is 4.54. The fraction of sp³-hybridized carbons (Fsp3) is 0.286. The Morgan fingerprint density at radius 2 is 2.17 bits per heavy atom. The standard InChI is InChI=1S/C14H15BrFNS/c1-3-17-13(10-5-4-6-11(16)8-10)14-12(15)7-9(2)18-14/h4-8,13,17H,3H2,1-2H3. The molecule has 1 N–H and O–H groups in total. The van der Waals surface area contributed by atoms with Gasteiger partial charge in [-0.05, 0) is 53.2 Å². The van der Waals surface area contributed by atoms with Gasteiger partial charge in [0.25, 0.3) is 0 Å². The summed E-state index contributed by atoms with van der Waals surface area (Å²) in [5.41, 5.74) is 0.958. The highest BCUT2D eigenvalue weighted by molar-refractivity contribution is 9.10. The number of rotatable bonds is 4. The topological polar surface area (TPSA) is 12.0 Å². The zero-order valence-corrected chi connectivity index (χ0v) is 12.7. The number of aryl methyl sites for hydroxylation is 1. The number of halogens is 2. The molecule has 1 aromatic heterocycles. The lowest BCUT2D eigenvalue weighted by atomic mass is 10.1. The van der Waals surface area contributed by atoms with E-state index < -0.39 is 0 Å². The summed E-state index contributed by atoms with van der Waals surface area (Å²) in [6.07, 6.45) is 0. The lowest BCUT2D eigenvalue weighted by Gasteiger charge is -2.17. The first-order chi connectivity index (χ1) is 8.61. The van der Waals surface area contributed by atoms with Crippen LogP contribution in [0, 0.1) is 12.7 Å². The quantitative estimate of drug-likeness (QED) is 0.861. The highest BCUT2D eigenvalue weighted by atomic mass is 79.9. The van der Waals surface area contributed by atoms with Gasteiger partial charge in [0.05, 0.1) is 6.04 Å². The van der Waals surface area contributed by atoms with Crippen molar-refractivity contribution >= 4 is 27.3 Å². The summed E-state index contributed by atoms with van der Waals surface area (Å²) in [6, 6.07) is 8.92. The molecule has 1 nitrogen and oxygen atoms in total. The number of hydrogen-bond donors (Lipinski definition) is 1. The molecule has 2 rings (SSSR count). The van der Waals surface area contributed by atoms with Gasteiger partial charge < -0.3 is 5.32 Å². The lowest BCUT2D eigenvalue weighted by molar-refractivity contribution is 0.606. The third-order valence-corrected chi connectivity index (χ3v) is 4.72. The van der Waals surface area contributed by atoms with Crippen molar-refractivity contribution in [3.63, 3.8) is 0 Å². The third-order valence-electron chi connectivity index (χ3n) is 2.69. The molecule has 0 aliphatic heterocycles. The Balaban J connectivity index is 2.42. The van der Waals surface area contributed by atoms with E-state index in [1.54, 1.807) is 23.5 Å². The Labute approximate surface area is 119 Å². The van der Waals surface area contributed by atoms with Crippen LogP contribution in [0.2, 0.25) is 0 Å². The van der Waals surface area contributed by atoms with E-state index in [0.717, 1.165) is 16.6 Å². The Hall–Kier alpha value is -0.710. The van der Waals surface area contributed by atoms with Crippen molar-refractivity contribution in [3.8, 4) is 0 Å². The SMILES string of the molecule is CCNC(c1cccc(F)c1)c1sc(C)cc1Br. The van der Waals surface area contributed by atoms with Gasteiger partial charge in [0.1, 0.15) is 5.82 Å². The monoisotopic (exact) mass is 327 g/mol. The second-order valence-corrected chi connectivity index (χ2v) is 6.26. The van der Waals surface area contributed by atoms with E-state index in [0.29, 0.717) is 0 Å². The highest BCUT2D eigenvalue weighted by Gasteiger charge is 2.18. The highest BCUT2D eigenvalue weighted by Crippen LogP contribution is 2.35. The molecule has 0 saturated heterocycles. The smallest absolute Gasteiger partial charge is 0.123 e. The molecule has 0 aliphatic rings. The number of benzene rings is 1. The number of hydrogen-bond acceptors (Lipinski definition) is 2. The maximum atomic E-state index is 13.4. The predicted octanol–water partition coefficient (Wildman–Crippen LogP) is 4.66. The van der Waals surface area contributed by atoms with Crippen LogP contribution >= 0.6 is 27.3 Å². The van der Waals surface area contributed by atoms with E-state index in [2.05, 4.69) is 41.2 Å². The van der Waals surface area contributed by atoms with Crippen molar-refractivity contribution in [2.24, 2.45) is 0 Å². The minimum Gasteiger partial charge on any atom is -0.306 e. The van der Waals surface area contributed by atoms with Gasteiger partial charge in [0.15, 0.2) is 0 Å². The van der Waals surface area contributed by atoms with Crippen molar-refractivity contribution < 1.29 is 4.39 Å². The largest absolute Gasteiger partial charge is 0.306 e. The second kappa shape index (κ2) is 5.95. The zero-order chi connectivity index (χ0) is 13.1. The average Bonchev–Trinajstić information content (AvgIpc) is 2.65. The third kappa shape index (κ3) is 2.99. The molecule has 0 aliphatic carbocycles. The van der Waals surface area contributed by atoms with Crippen molar-refractivity contribution in [1.82, 2.24) is 5.32 Å². The van der Waals surface area contributed by atoms with Crippen LogP contribution in [-0.2, 0) is 0 Å². The van der Waals surface area contributed by atoms with Gasteiger partial charge in [-0.25, -0.2) is 4.39 Å². The molecule has 1 heterocycles. The molecular formula is C14H15BrFNS. The first kappa shape index (κ1) is 13.7. The lowest BCUT2D eigenvalue weighted by Crippen LogP contribution is -2.21. The van der Waals surface area contributed by atoms with Crippen LogP contribution in [-0.4, -0.2) is 6.54 Å². The number of thiophene rings is 1. The molecule has 0 radical (unpaired) electrons. The van der Waals surface area contributed by atoms with Crippen molar-refractivity contribution in [2.75, 3.05) is 6.54 Å². The van der Waals surface area contributed by atoms with Gasteiger partial charge in [-0.2, -0.15) is 0 Å². The van der Waals surface area contributed by atoms with E-state index >= 15 is 0 Å². The molecule has 18 heavy (non-hydrogen) atoms. The predicted molar refractivity (Wildman–Crippen MR) is 78.7 cm³/mol. The van der Waals surface area contributed by atoms with E-state index in [-0.39, 0.29) is 11.9 Å². The normalized spacial score (nSPS) is 12.7. The fourth-order valence-corrected chi connectivity index (χ4v) is 3.93. The molecule has 0 spiro atoms. The van der Waals surface area contributed by atoms with Gasteiger partial charge in [0, 0.05) is 14.2 Å². The van der Waals surface area contributed by atoms with Crippen LogP contribution in [0.4, 0.5) is 4.39 Å². The van der Waals surface area contributed by atoms with E-state index in [4.69, 9.17) is 0 Å². The van der Waals surface area contributed by atoms with Crippen LogP contribution in [0.25, 0.3) is 0 Å². The molecule has 1 atom stereocenters. The summed E-state index contributed by atoms with van der Waals surface area (Å²) < 4.78 is 14.4. The molecule has 0 amide bonds. The Morgan fingerprint density at radius 3 is 2.72 bits per heavy atom. The first-order valence-corrected chi connectivity index (χ1v) is 7.47. The van der Waals surface area contributed by atoms with E-state index in [1.807, 2.05) is 6.07 Å². The summed E-state index contributed by atoms with van der Waals surface area (Å²) >= 11 is 5.31. The van der Waals surface area contributed by atoms with Gasteiger partial charge in [0.2, 0.25) is 0 Å². The molecule has 96 valence electrons. The van der Waals surface area contributed by atoms with E-state index in [9.17, 15) is 4.39 Å². The summed E-state index contributed by atoms with van der Waals surface area (Å²) in [6.45, 7) is 4.97. The maximum absolute atomic E-state index is 13.4. The van der Waals surface area contributed by atoms with Crippen molar-refractivity contribution in [2.45, 2.75) is 19.9 Å². The molecule has 1 unspecified atom stereocenters. The van der Waals surface area contributed by atoms with Gasteiger partial charge in [-0.15, -0.1) is 11.3 Å². The van der Waals surface area contributed by atoms with Crippen LogP contribution < -0.4 is 5.32 Å². The average molecular weight is 328 g/mol. The minimum atomic E-state index is -0.195. The Morgan fingerprint density at radius 1 is 1.39 bits per heavy atom. The summed E-state index contributed by atoms with van der Waals surface area (Å²) in [7, 11) is 0. The minimum absolute atomic E-state index is 0.0405. The zero-order valence-electron chi connectivity index (χ0n) is 10.3. The van der Waals surface area contributed by atoms with Crippen molar-refractivity contribution in [3.05, 3.63) is 55.9 Å². The van der Waals surface area contributed by atoms with Gasteiger partial charge in [-0.1, -0.05) is 19.1 Å². The molecule has 0 saturated carbocycles. The van der Waals surface area contributed by atoms with Crippen LogP contribution in [0.5, 0.6) is 0 Å². The first-order valence-electron chi connectivity index (χ1n) is 5.86. The maximum Gasteiger partial charge on any atom is 0.123 e. The van der Waals surface area contributed by atoms with E-state index in [1.165, 1.54) is 15.8 Å². The molecular weight excluding hydrogens is 313 g/mol. The summed E-state index contributed by atoms with van der Waals surface area (Å²) in [5, 5.41) is 3.41. The van der Waals surface area contributed by atoms with Gasteiger partial charge >= 0.3 is 0 Å². The Bertz CT molecular complexity index is 538. The fourth-order valence-electron chi connectivity index (χ4n) is 1.95. The van der Waals surface area contributed by atoms with Crippen molar-refractivity contribution in [1.29, 1.82) is 0 Å². The summed E-state index contributed by atoms with van der Waals surface area (Å²) in [4.78, 5) is 2.44. The van der Waals surface area contributed by atoms with Crippen LogP contribution in [0.15, 0.2) is 34.8 Å². The molecule has 2 aromatic rings. The molecule has 0 fully saturated rings. The summed E-state index contributed by atoms with van der Waals surface area (Å²) in [5.74, 6) is -0.195. The van der Waals surface area contributed by atoms with Crippen LogP contribution in [0.3, 0.4) is 0 Å². The van der Waals surface area contributed by atoms with Gasteiger partial charge in [-0.3, -0.25) is 0 Å². The molecule has 4 heteroatoms. The second-order valence-electron chi connectivity index (χ2n) is 4.11. The number of nitrogens with one attached hydrogen (secondary N) is 1. The molecule has 1 aromatic carbocycles. The molecule has 0 bridgehead atoms. The van der Waals surface area contributed by atoms with Crippen LogP contribution in [0.1, 0.15) is 28.3 Å².